The number of nitrogens with one attached hydrogen (secondary N) is 1. The zero-order valence-corrected chi connectivity index (χ0v) is 16.6. The van der Waals surface area contributed by atoms with E-state index in [1.165, 1.54) is 76.3 Å². The Morgan fingerprint density at radius 3 is 2.48 bits per heavy atom. The maximum Gasteiger partial charge on any atom is 0.0409 e. The molecule has 0 bridgehead atoms. The molecule has 1 heterocycles. The summed E-state index contributed by atoms with van der Waals surface area (Å²) in [6.07, 6.45) is 14.6. The quantitative estimate of drug-likeness (QED) is 0.478. The minimum atomic E-state index is 0.360. The summed E-state index contributed by atoms with van der Waals surface area (Å²) in [4.78, 5) is 0. The monoisotopic (exact) mass is 322 g/mol. The molecular formula is C21H42N2. The number of hydrogen-bond donors (Lipinski definition) is 1. The van der Waals surface area contributed by atoms with Crippen LogP contribution >= 0.6 is 0 Å². The first-order valence-corrected chi connectivity index (χ1v) is 10.3. The molecular weight excluding hydrogens is 280 g/mol. The summed E-state index contributed by atoms with van der Waals surface area (Å²) in [6.45, 7) is 12.8. The van der Waals surface area contributed by atoms with E-state index in [1.54, 1.807) is 0 Å². The number of hydrazone groups is 1. The molecule has 0 aliphatic carbocycles. The largest absolute Gasteiger partial charge is 0.310 e. The molecule has 0 aromatic carbocycles. The molecule has 0 aromatic heterocycles. The van der Waals surface area contributed by atoms with Gasteiger partial charge >= 0.3 is 0 Å². The van der Waals surface area contributed by atoms with Crippen molar-refractivity contribution in [3.8, 4) is 0 Å². The third-order valence-electron chi connectivity index (χ3n) is 5.36. The van der Waals surface area contributed by atoms with Crippen molar-refractivity contribution in [3.05, 3.63) is 0 Å². The SMILES string of the molecule is CCCCCCC(CCCC)/C1=N/NCC(C)(C)CC(C)CC1. The molecule has 0 spiro atoms. The summed E-state index contributed by atoms with van der Waals surface area (Å²) in [5.74, 6) is 1.52. The molecule has 1 N–H and O–H groups in total. The van der Waals surface area contributed by atoms with Crippen LogP contribution in [0.2, 0.25) is 0 Å². The van der Waals surface area contributed by atoms with Gasteiger partial charge in [-0.3, -0.25) is 0 Å². The summed E-state index contributed by atoms with van der Waals surface area (Å²) >= 11 is 0. The van der Waals surface area contributed by atoms with Crippen LogP contribution in [0.3, 0.4) is 0 Å². The van der Waals surface area contributed by atoms with E-state index in [0.29, 0.717) is 11.3 Å². The van der Waals surface area contributed by atoms with Gasteiger partial charge in [0.1, 0.15) is 0 Å². The highest BCUT2D eigenvalue weighted by atomic mass is 15.3. The molecule has 0 saturated heterocycles. The fourth-order valence-corrected chi connectivity index (χ4v) is 3.96. The molecule has 0 aromatic rings. The van der Waals surface area contributed by atoms with Crippen LogP contribution in [0.1, 0.15) is 105 Å². The van der Waals surface area contributed by atoms with Crippen LogP contribution in [0.4, 0.5) is 0 Å². The fraction of sp³-hybridized carbons (Fsp3) is 0.952. The van der Waals surface area contributed by atoms with Gasteiger partial charge < -0.3 is 5.43 Å². The lowest BCUT2D eigenvalue weighted by atomic mass is 9.81. The van der Waals surface area contributed by atoms with Crippen LogP contribution in [0.25, 0.3) is 0 Å². The molecule has 0 saturated carbocycles. The van der Waals surface area contributed by atoms with Gasteiger partial charge in [0.2, 0.25) is 0 Å². The average Bonchev–Trinajstić information content (AvgIpc) is 2.55. The maximum absolute atomic E-state index is 4.89. The number of unbranched alkanes of at least 4 members (excludes halogenated alkanes) is 4. The minimum absolute atomic E-state index is 0.360. The highest BCUT2D eigenvalue weighted by molar-refractivity contribution is 5.86. The molecule has 23 heavy (non-hydrogen) atoms. The number of nitrogens with zero attached hydrogens (tertiary/aromatic N) is 1. The van der Waals surface area contributed by atoms with E-state index < -0.39 is 0 Å². The van der Waals surface area contributed by atoms with Gasteiger partial charge in [0.25, 0.3) is 0 Å². The molecule has 1 aliphatic rings. The predicted molar refractivity (Wildman–Crippen MR) is 104 cm³/mol. The van der Waals surface area contributed by atoms with Crippen LogP contribution in [0, 0.1) is 17.3 Å². The van der Waals surface area contributed by atoms with Crippen molar-refractivity contribution in [3.63, 3.8) is 0 Å². The first-order chi connectivity index (χ1) is 11.0. The molecule has 1 rings (SSSR count). The Morgan fingerprint density at radius 2 is 1.78 bits per heavy atom. The molecule has 0 fully saturated rings. The van der Waals surface area contributed by atoms with Crippen LogP contribution in [-0.2, 0) is 0 Å². The van der Waals surface area contributed by atoms with E-state index in [0.717, 1.165) is 12.5 Å². The zero-order chi connectivity index (χ0) is 17.1. The lowest BCUT2D eigenvalue weighted by molar-refractivity contribution is 0.264. The van der Waals surface area contributed by atoms with E-state index in [-0.39, 0.29) is 0 Å². The van der Waals surface area contributed by atoms with Crippen LogP contribution in [0.5, 0.6) is 0 Å². The van der Waals surface area contributed by atoms with E-state index in [2.05, 4.69) is 40.0 Å². The van der Waals surface area contributed by atoms with E-state index >= 15 is 0 Å². The first-order valence-electron chi connectivity index (χ1n) is 10.3. The van der Waals surface area contributed by atoms with Crippen LogP contribution < -0.4 is 5.43 Å². The van der Waals surface area contributed by atoms with Gasteiger partial charge in [-0.25, -0.2) is 0 Å². The van der Waals surface area contributed by atoms with E-state index in [4.69, 9.17) is 5.10 Å². The lowest BCUT2D eigenvalue weighted by Gasteiger charge is -2.26. The Balaban J connectivity index is 2.67. The minimum Gasteiger partial charge on any atom is -0.310 e. The third kappa shape index (κ3) is 8.77. The highest BCUT2D eigenvalue weighted by Gasteiger charge is 2.24. The molecule has 136 valence electrons. The molecule has 2 unspecified atom stereocenters. The third-order valence-corrected chi connectivity index (χ3v) is 5.36. The summed E-state index contributed by atoms with van der Waals surface area (Å²) in [7, 11) is 0. The van der Waals surface area contributed by atoms with Gasteiger partial charge in [-0.05, 0) is 49.4 Å². The van der Waals surface area contributed by atoms with Crippen molar-refractivity contribution < 1.29 is 0 Å². The summed E-state index contributed by atoms with van der Waals surface area (Å²) in [5, 5.41) is 4.89. The topological polar surface area (TPSA) is 24.4 Å². The molecule has 2 heteroatoms. The summed E-state index contributed by atoms with van der Waals surface area (Å²) in [5.41, 5.74) is 5.27. The lowest BCUT2D eigenvalue weighted by Crippen LogP contribution is -2.28. The van der Waals surface area contributed by atoms with Gasteiger partial charge in [0, 0.05) is 12.3 Å². The van der Waals surface area contributed by atoms with Gasteiger partial charge in [-0.2, -0.15) is 5.10 Å². The molecule has 0 amide bonds. The Morgan fingerprint density at radius 1 is 1.09 bits per heavy atom. The normalized spacial score (nSPS) is 25.4. The van der Waals surface area contributed by atoms with E-state index in [9.17, 15) is 0 Å². The van der Waals surface area contributed by atoms with Gasteiger partial charge in [0.15, 0.2) is 0 Å². The van der Waals surface area contributed by atoms with Crippen molar-refractivity contribution in [2.45, 2.75) is 105 Å². The van der Waals surface area contributed by atoms with Crippen molar-refractivity contribution in [2.24, 2.45) is 22.4 Å². The Kier molecular flexibility index (Phi) is 9.90. The van der Waals surface area contributed by atoms with Crippen LogP contribution in [-0.4, -0.2) is 12.3 Å². The number of rotatable bonds is 9. The molecule has 0 radical (unpaired) electrons. The molecule has 1 aliphatic heterocycles. The van der Waals surface area contributed by atoms with Crippen molar-refractivity contribution in [1.29, 1.82) is 0 Å². The number of hydrogen-bond acceptors (Lipinski definition) is 2. The second-order valence-corrected chi connectivity index (χ2v) is 8.64. The Hall–Kier alpha value is -0.530. The maximum atomic E-state index is 4.89. The van der Waals surface area contributed by atoms with E-state index in [1.807, 2.05) is 0 Å². The standard InChI is InChI=1S/C21H42N2/c1-6-8-10-11-13-19(12-9-7-2)20-15-14-18(3)16-21(4,5)17-22-23-20/h18-19,22H,6-17H2,1-5H3/b23-20+. The summed E-state index contributed by atoms with van der Waals surface area (Å²) in [6, 6.07) is 0. The Bertz CT molecular complexity index is 333. The Labute approximate surface area is 145 Å². The second-order valence-electron chi connectivity index (χ2n) is 8.64. The smallest absolute Gasteiger partial charge is 0.0409 e. The van der Waals surface area contributed by atoms with Gasteiger partial charge in [0.05, 0.1) is 0 Å². The molecule has 2 nitrogen and oxygen atoms in total. The summed E-state index contributed by atoms with van der Waals surface area (Å²) < 4.78 is 0. The molecule has 2 atom stereocenters. The van der Waals surface area contributed by atoms with Crippen molar-refractivity contribution in [1.82, 2.24) is 5.43 Å². The van der Waals surface area contributed by atoms with Crippen LogP contribution in [0.15, 0.2) is 5.10 Å². The van der Waals surface area contributed by atoms with Crippen molar-refractivity contribution in [2.75, 3.05) is 6.54 Å². The predicted octanol–water partition coefficient (Wildman–Crippen LogP) is 6.56. The average molecular weight is 323 g/mol. The first kappa shape index (κ1) is 20.5. The van der Waals surface area contributed by atoms with Gasteiger partial charge in [-0.15, -0.1) is 0 Å². The highest BCUT2D eigenvalue weighted by Crippen LogP contribution is 2.30. The van der Waals surface area contributed by atoms with Gasteiger partial charge in [-0.1, -0.05) is 73.1 Å². The second kappa shape index (κ2) is 11.1. The fourth-order valence-electron chi connectivity index (χ4n) is 3.96. The van der Waals surface area contributed by atoms with Crippen molar-refractivity contribution >= 4 is 5.71 Å². The zero-order valence-electron chi connectivity index (χ0n) is 16.6.